The zero-order valence-electron chi connectivity index (χ0n) is 15.2. The van der Waals surface area contributed by atoms with E-state index < -0.39 is 60.7 Å². The largest absolute Gasteiger partial charge is 0.480 e. The number of amides is 4. The van der Waals surface area contributed by atoms with Crippen molar-refractivity contribution >= 4 is 42.2 Å². The van der Waals surface area contributed by atoms with Crippen LogP contribution in [0.4, 0.5) is 0 Å². The van der Waals surface area contributed by atoms with E-state index in [-0.39, 0.29) is 11.7 Å². The topological polar surface area (TPSA) is 194 Å². The lowest BCUT2D eigenvalue weighted by Crippen LogP contribution is -2.58. The van der Waals surface area contributed by atoms with E-state index in [0.29, 0.717) is 6.42 Å². The maximum Gasteiger partial charge on any atom is 0.326 e. The van der Waals surface area contributed by atoms with Crippen LogP contribution in [0.1, 0.15) is 26.7 Å². The van der Waals surface area contributed by atoms with Crippen LogP contribution in [0.15, 0.2) is 0 Å². The minimum absolute atomic E-state index is 0.140. The molecule has 11 nitrogen and oxygen atoms in total. The van der Waals surface area contributed by atoms with Crippen LogP contribution in [0.25, 0.3) is 0 Å². The van der Waals surface area contributed by atoms with Gasteiger partial charge in [0.15, 0.2) is 0 Å². The third-order valence-corrected chi connectivity index (χ3v) is 4.20. The number of rotatable bonds is 12. The molecule has 0 spiro atoms. The first-order chi connectivity index (χ1) is 12.6. The second-order valence-corrected chi connectivity index (χ2v) is 6.31. The second-order valence-electron chi connectivity index (χ2n) is 5.95. The van der Waals surface area contributed by atoms with Crippen LogP contribution >= 0.6 is 12.6 Å². The maximum absolute atomic E-state index is 12.3. The number of nitrogens with two attached hydrogens (primary N) is 2. The molecule has 0 heterocycles. The molecule has 0 aromatic rings. The lowest BCUT2D eigenvalue weighted by Gasteiger charge is -2.25. The summed E-state index contributed by atoms with van der Waals surface area (Å²) in [6.07, 6.45) is 0.0179. The minimum atomic E-state index is -1.32. The number of hydrogen-bond acceptors (Lipinski definition) is 7. The van der Waals surface area contributed by atoms with Crippen LogP contribution in [-0.4, -0.2) is 65.1 Å². The van der Waals surface area contributed by atoms with E-state index in [1.165, 1.54) is 0 Å². The Balaban J connectivity index is 5.15. The fraction of sp³-hybridized carbons (Fsp3) is 0.667. The molecule has 0 aliphatic carbocycles. The van der Waals surface area contributed by atoms with E-state index in [2.05, 4.69) is 28.6 Å². The highest BCUT2D eigenvalue weighted by molar-refractivity contribution is 7.80. The van der Waals surface area contributed by atoms with Gasteiger partial charge in [-0.2, -0.15) is 12.6 Å². The SMILES string of the molecule is CCC(C)C(NC(=O)C(CS)NC(=O)C(CC(N)=O)NC(=O)CN)C(=O)O. The van der Waals surface area contributed by atoms with Gasteiger partial charge in [0.05, 0.1) is 13.0 Å². The molecule has 0 saturated heterocycles. The zero-order valence-corrected chi connectivity index (χ0v) is 16.1. The Hall–Kier alpha value is -2.34. The molecule has 0 aliphatic rings. The van der Waals surface area contributed by atoms with Crippen molar-refractivity contribution in [2.24, 2.45) is 17.4 Å². The molecule has 8 N–H and O–H groups in total. The van der Waals surface area contributed by atoms with Gasteiger partial charge in [-0.1, -0.05) is 20.3 Å². The molecule has 0 aliphatic heterocycles. The number of aliphatic carboxylic acids is 1. The number of nitrogens with one attached hydrogen (secondary N) is 3. The summed E-state index contributed by atoms with van der Waals surface area (Å²) >= 11 is 3.98. The van der Waals surface area contributed by atoms with Gasteiger partial charge in [0.25, 0.3) is 0 Å². The second kappa shape index (κ2) is 12.1. The van der Waals surface area contributed by atoms with Gasteiger partial charge in [0.2, 0.25) is 23.6 Å². The van der Waals surface area contributed by atoms with E-state index in [0.717, 1.165) is 0 Å². The zero-order chi connectivity index (χ0) is 21.1. The first-order valence-electron chi connectivity index (χ1n) is 8.29. The van der Waals surface area contributed by atoms with Crippen molar-refractivity contribution in [2.45, 2.75) is 44.8 Å². The van der Waals surface area contributed by atoms with Crippen LogP contribution in [0.3, 0.4) is 0 Å². The van der Waals surface area contributed by atoms with Crippen molar-refractivity contribution in [3.63, 3.8) is 0 Å². The first kappa shape index (κ1) is 24.7. The van der Waals surface area contributed by atoms with Gasteiger partial charge in [-0.05, 0) is 5.92 Å². The Labute approximate surface area is 162 Å². The standard InChI is InChI=1S/C15H27N5O6S/c1-3-7(2)12(15(25)26)20-14(24)9(6-27)19-13(23)8(4-10(17)21)18-11(22)5-16/h7-9,12,27H,3-6,16H2,1-2H3,(H2,17,21)(H,18,22)(H,19,23)(H,20,24)(H,25,26). The number of carbonyl (C=O) groups excluding carboxylic acids is 4. The van der Waals surface area contributed by atoms with Crippen molar-refractivity contribution in [3.8, 4) is 0 Å². The molecule has 0 fully saturated rings. The number of carboxylic acids is 1. The quantitative estimate of drug-likeness (QED) is 0.172. The highest BCUT2D eigenvalue weighted by Gasteiger charge is 2.31. The monoisotopic (exact) mass is 405 g/mol. The van der Waals surface area contributed by atoms with Crippen LogP contribution in [-0.2, 0) is 24.0 Å². The highest BCUT2D eigenvalue weighted by Crippen LogP contribution is 2.08. The number of hydrogen-bond donors (Lipinski definition) is 7. The molecule has 0 bridgehead atoms. The van der Waals surface area contributed by atoms with Gasteiger partial charge in [-0.15, -0.1) is 0 Å². The Morgan fingerprint density at radius 3 is 2.00 bits per heavy atom. The van der Waals surface area contributed by atoms with Gasteiger partial charge in [0, 0.05) is 5.75 Å². The van der Waals surface area contributed by atoms with Crippen molar-refractivity contribution < 1.29 is 29.1 Å². The molecular formula is C15H27N5O6S. The molecule has 27 heavy (non-hydrogen) atoms. The van der Waals surface area contributed by atoms with Gasteiger partial charge >= 0.3 is 5.97 Å². The lowest BCUT2D eigenvalue weighted by atomic mass is 9.99. The van der Waals surface area contributed by atoms with Gasteiger partial charge < -0.3 is 32.5 Å². The fourth-order valence-corrected chi connectivity index (χ4v) is 2.32. The first-order valence-corrected chi connectivity index (χ1v) is 8.92. The fourth-order valence-electron chi connectivity index (χ4n) is 2.07. The summed E-state index contributed by atoms with van der Waals surface area (Å²) in [5.41, 5.74) is 10.2. The Morgan fingerprint density at radius 1 is 1.04 bits per heavy atom. The average Bonchev–Trinajstić information content (AvgIpc) is 2.61. The highest BCUT2D eigenvalue weighted by atomic mass is 32.1. The third kappa shape index (κ3) is 8.73. The van der Waals surface area contributed by atoms with Crippen LogP contribution in [0.2, 0.25) is 0 Å². The number of carboxylic acid groups (broad SMARTS) is 1. The van der Waals surface area contributed by atoms with E-state index in [4.69, 9.17) is 11.5 Å². The molecule has 4 atom stereocenters. The summed E-state index contributed by atoms with van der Waals surface area (Å²) in [6, 6.07) is -3.64. The molecule has 0 saturated carbocycles. The normalized spacial score (nSPS) is 15.0. The summed E-state index contributed by atoms with van der Waals surface area (Å²) in [5.74, 6) is -4.82. The maximum atomic E-state index is 12.3. The summed E-state index contributed by atoms with van der Waals surface area (Å²) in [7, 11) is 0. The number of carbonyl (C=O) groups is 5. The van der Waals surface area contributed by atoms with Crippen molar-refractivity contribution in [1.29, 1.82) is 0 Å². The molecule has 4 amide bonds. The molecule has 0 rings (SSSR count). The number of thiol groups is 1. The molecule has 0 radical (unpaired) electrons. The van der Waals surface area contributed by atoms with Crippen molar-refractivity contribution in [2.75, 3.05) is 12.3 Å². The van der Waals surface area contributed by atoms with Crippen LogP contribution < -0.4 is 27.4 Å². The van der Waals surface area contributed by atoms with Crippen molar-refractivity contribution in [1.82, 2.24) is 16.0 Å². The lowest BCUT2D eigenvalue weighted by molar-refractivity contribution is -0.143. The summed E-state index contributed by atoms with van der Waals surface area (Å²) in [5, 5.41) is 16.1. The third-order valence-electron chi connectivity index (χ3n) is 3.83. The predicted molar refractivity (Wildman–Crippen MR) is 99.6 cm³/mol. The van der Waals surface area contributed by atoms with Crippen molar-refractivity contribution in [3.05, 3.63) is 0 Å². The summed E-state index contributed by atoms with van der Waals surface area (Å²) < 4.78 is 0. The Bertz CT molecular complexity index is 573. The van der Waals surface area contributed by atoms with E-state index in [1.807, 2.05) is 0 Å². The molecule has 4 unspecified atom stereocenters. The molecule has 154 valence electrons. The van der Waals surface area contributed by atoms with Gasteiger partial charge in [0.1, 0.15) is 18.1 Å². The Morgan fingerprint density at radius 2 is 1.59 bits per heavy atom. The van der Waals surface area contributed by atoms with E-state index in [1.54, 1.807) is 13.8 Å². The van der Waals surface area contributed by atoms with Crippen LogP contribution in [0.5, 0.6) is 0 Å². The van der Waals surface area contributed by atoms with Crippen LogP contribution in [0, 0.1) is 5.92 Å². The molecule has 0 aromatic heterocycles. The minimum Gasteiger partial charge on any atom is -0.480 e. The van der Waals surface area contributed by atoms with E-state index in [9.17, 15) is 29.1 Å². The molecule has 12 heteroatoms. The number of primary amides is 1. The van der Waals surface area contributed by atoms with Gasteiger partial charge in [-0.25, -0.2) is 4.79 Å². The smallest absolute Gasteiger partial charge is 0.326 e. The summed E-state index contributed by atoms with van der Waals surface area (Å²) in [6.45, 7) is 3.03. The van der Waals surface area contributed by atoms with E-state index >= 15 is 0 Å². The average molecular weight is 405 g/mol. The van der Waals surface area contributed by atoms with Gasteiger partial charge in [-0.3, -0.25) is 19.2 Å². The molecule has 0 aromatic carbocycles. The molecular weight excluding hydrogens is 378 g/mol. The Kier molecular flexibility index (Phi) is 11.1. The summed E-state index contributed by atoms with van der Waals surface area (Å²) in [4.78, 5) is 58.5. The predicted octanol–water partition coefficient (Wildman–Crippen LogP) is -2.66.